The molecule has 1 heterocycles. The normalized spacial score (nSPS) is 12.6. The van der Waals surface area contributed by atoms with Gasteiger partial charge in [-0.1, -0.05) is 36.2 Å². The Morgan fingerprint density at radius 3 is 2.68 bits per heavy atom. The highest BCUT2D eigenvalue weighted by molar-refractivity contribution is 6.42. The number of furan rings is 1. The summed E-state index contributed by atoms with van der Waals surface area (Å²) >= 11 is 11.9. The summed E-state index contributed by atoms with van der Waals surface area (Å²) in [7, 11) is 0. The fourth-order valence-corrected chi connectivity index (χ4v) is 2.43. The summed E-state index contributed by atoms with van der Waals surface area (Å²) in [4.78, 5) is 0. The fourth-order valence-electron chi connectivity index (χ4n) is 2.11. The largest absolute Gasteiger partial charge is 0.469 e. The predicted octanol–water partition coefficient (Wildman–Crippen LogP) is 3.90. The van der Waals surface area contributed by atoms with Crippen LogP contribution >= 0.6 is 23.2 Å². The summed E-state index contributed by atoms with van der Waals surface area (Å²) < 4.78 is 5.43. The van der Waals surface area contributed by atoms with Crippen molar-refractivity contribution in [3.05, 3.63) is 57.5 Å². The lowest BCUT2D eigenvalue weighted by atomic mass is 9.99. The second-order valence-corrected chi connectivity index (χ2v) is 5.14. The zero-order chi connectivity index (χ0) is 13.8. The second kappa shape index (κ2) is 6.44. The van der Waals surface area contributed by atoms with Crippen molar-refractivity contribution in [1.82, 2.24) is 5.43 Å². The minimum atomic E-state index is -0.00839. The van der Waals surface area contributed by atoms with Crippen LogP contribution < -0.4 is 11.3 Å². The average molecular weight is 299 g/mol. The van der Waals surface area contributed by atoms with Gasteiger partial charge < -0.3 is 4.42 Å². The third-order valence-corrected chi connectivity index (χ3v) is 3.84. The van der Waals surface area contributed by atoms with E-state index in [-0.39, 0.29) is 6.04 Å². The summed E-state index contributed by atoms with van der Waals surface area (Å²) in [6.07, 6.45) is 3.25. The summed E-state index contributed by atoms with van der Waals surface area (Å²) in [6.45, 7) is 2.05. The highest BCUT2D eigenvalue weighted by atomic mass is 35.5. The standard InChI is InChI=1S/C14H16Cl2N2O/c1-2-14-10(5-6-19-14)13(18-17)8-9-3-4-11(15)12(16)7-9/h3-7,13,18H,2,8,17H2,1H3. The second-order valence-electron chi connectivity index (χ2n) is 4.32. The van der Waals surface area contributed by atoms with Gasteiger partial charge in [0.1, 0.15) is 5.76 Å². The highest BCUT2D eigenvalue weighted by Gasteiger charge is 2.16. The van der Waals surface area contributed by atoms with Crippen molar-refractivity contribution in [2.75, 3.05) is 0 Å². The molecule has 0 saturated carbocycles. The zero-order valence-electron chi connectivity index (χ0n) is 10.6. The van der Waals surface area contributed by atoms with Gasteiger partial charge in [-0.2, -0.15) is 0 Å². The Hall–Kier alpha value is -1.00. The Morgan fingerprint density at radius 2 is 2.05 bits per heavy atom. The first-order valence-corrected chi connectivity index (χ1v) is 6.87. The quantitative estimate of drug-likeness (QED) is 0.650. The Bertz CT molecular complexity index is 554. The molecule has 102 valence electrons. The van der Waals surface area contributed by atoms with Gasteiger partial charge in [-0.25, -0.2) is 0 Å². The van der Waals surface area contributed by atoms with Crippen LogP contribution in [0.2, 0.25) is 10.0 Å². The molecule has 1 atom stereocenters. The van der Waals surface area contributed by atoms with Gasteiger partial charge in [0, 0.05) is 12.0 Å². The SMILES string of the molecule is CCc1occc1C(Cc1ccc(Cl)c(Cl)c1)NN. The molecule has 2 rings (SSSR count). The number of hydrogen-bond acceptors (Lipinski definition) is 3. The first-order chi connectivity index (χ1) is 9.15. The van der Waals surface area contributed by atoms with Crippen LogP contribution in [0.4, 0.5) is 0 Å². The lowest BCUT2D eigenvalue weighted by molar-refractivity contribution is 0.487. The number of halogens is 2. The van der Waals surface area contributed by atoms with E-state index in [1.54, 1.807) is 12.3 Å². The summed E-state index contributed by atoms with van der Waals surface area (Å²) in [6, 6.07) is 7.54. The molecule has 0 fully saturated rings. The van der Waals surface area contributed by atoms with Crippen molar-refractivity contribution in [3.8, 4) is 0 Å². The Morgan fingerprint density at radius 1 is 1.26 bits per heavy atom. The van der Waals surface area contributed by atoms with Gasteiger partial charge in [0.15, 0.2) is 0 Å². The van der Waals surface area contributed by atoms with E-state index in [0.717, 1.165) is 29.7 Å². The van der Waals surface area contributed by atoms with Crippen LogP contribution in [-0.4, -0.2) is 0 Å². The van der Waals surface area contributed by atoms with Gasteiger partial charge in [0.2, 0.25) is 0 Å². The molecular formula is C14H16Cl2N2O. The van der Waals surface area contributed by atoms with E-state index in [0.29, 0.717) is 10.0 Å². The third-order valence-electron chi connectivity index (χ3n) is 3.10. The highest BCUT2D eigenvalue weighted by Crippen LogP contribution is 2.27. The van der Waals surface area contributed by atoms with Gasteiger partial charge in [-0.15, -0.1) is 0 Å². The van der Waals surface area contributed by atoms with Crippen molar-refractivity contribution in [1.29, 1.82) is 0 Å². The van der Waals surface area contributed by atoms with Crippen molar-refractivity contribution >= 4 is 23.2 Å². The third kappa shape index (κ3) is 3.31. The summed E-state index contributed by atoms with van der Waals surface area (Å²) in [5.41, 5.74) is 4.98. The van der Waals surface area contributed by atoms with Gasteiger partial charge in [-0.05, 0) is 30.2 Å². The maximum absolute atomic E-state index is 6.02. The molecule has 0 bridgehead atoms. The summed E-state index contributed by atoms with van der Waals surface area (Å²) in [5, 5.41) is 1.11. The number of nitrogens with one attached hydrogen (secondary N) is 1. The van der Waals surface area contributed by atoms with Crippen molar-refractivity contribution < 1.29 is 4.42 Å². The fraction of sp³-hybridized carbons (Fsp3) is 0.286. The molecule has 1 aromatic heterocycles. The molecule has 0 amide bonds. The van der Waals surface area contributed by atoms with Gasteiger partial charge >= 0.3 is 0 Å². The molecule has 0 saturated heterocycles. The molecule has 3 N–H and O–H groups in total. The molecule has 19 heavy (non-hydrogen) atoms. The van der Waals surface area contributed by atoms with Crippen LogP contribution in [0.15, 0.2) is 34.9 Å². The van der Waals surface area contributed by atoms with E-state index in [4.69, 9.17) is 33.5 Å². The van der Waals surface area contributed by atoms with E-state index in [9.17, 15) is 0 Å². The number of aryl methyl sites for hydroxylation is 1. The first kappa shape index (κ1) is 14.4. The van der Waals surface area contributed by atoms with Crippen molar-refractivity contribution in [2.45, 2.75) is 25.8 Å². The molecule has 2 aromatic rings. The molecule has 3 nitrogen and oxygen atoms in total. The number of benzene rings is 1. The van der Waals surface area contributed by atoms with Gasteiger partial charge in [0.25, 0.3) is 0 Å². The average Bonchev–Trinajstić information content (AvgIpc) is 2.88. The number of rotatable bonds is 5. The van der Waals surface area contributed by atoms with Gasteiger partial charge in [-0.3, -0.25) is 11.3 Å². The smallest absolute Gasteiger partial charge is 0.108 e. The molecule has 1 aromatic carbocycles. The minimum absolute atomic E-state index is 0.00839. The van der Waals surface area contributed by atoms with E-state index < -0.39 is 0 Å². The Labute approximate surface area is 122 Å². The topological polar surface area (TPSA) is 51.2 Å². The van der Waals surface area contributed by atoms with Crippen LogP contribution in [0.5, 0.6) is 0 Å². The van der Waals surface area contributed by atoms with Crippen LogP contribution in [0.3, 0.4) is 0 Å². The van der Waals surface area contributed by atoms with E-state index in [1.165, 1.54) is 0 Å². The first-order valence-electron chi connectivity index (χ1n) is 6.12. The van der Waals surface area contributed by atoms with E-state index >= 15 is 0 Å². The van der Waals surface area contributed by atoms with Crippen molar-refractivity contribution in [2.24, 2.45) is 5.84 Å². The van der Waals surface area contributed by atoms with Crippen LogP contribution in [0, 0.1) is 0 Å². The number of hydrazine groups is 1. The molecule has 0 aliphatic carbocycles. The number of hydrogen-bond donors (Lipinski definition) is 2. The van der Waals surface area contributed by atoms with E-state index in [2.05, 4.69) is 12.3 Å². The van der Waals surface area contributed by atoms with Gasteiger partial charge in [0.05, 0.1) is 22.4 Å². The molecule has 0 aliphatic heterocycles. The monoisotopic (exact) mass is 298 g/mol. The lowest BCUT2D eigenvalue weighted by Crippen LogP contribution is -2.29. The summed E-state index contributed by atoms with van der Waals surface area (Å²) in [5.74, 6) is 6.60. The Kier molecular flexibility index (Phi) is 4.88. The number of nitrogens with two attached hydrogens (primary N) is 1. The molecule has 5 heteroatoms. The van der Waals surface area contributed by atoms with E-state index in [1.807, 2.05) is 18.2 Å². The molecule has 1 unspecified atom stereocenters. The Balaban J connectivity index is 2.21. The lowest BCUT2D eigenvalue weighted by Gasteiger charge is -2.16. The molecule has 0 spiro atoms. The zero-order valence-corrected chi connectivity index (χ0v) is 12.1. The molecular weight excluding hydrogens is 283 g/mol. The maximum atomic E-state index is 6.02. The molecule has 0 aliphatic rings. The van der Waals surface area contributed by atoms with Crippen LogP contribution in [0.25, 0.3) is 0 Å². The predicted molar refractivity (Wildman–Crippen MR) is 78.3 cm³/mol. The van der Waals surface area contributed by atoms with Crippen LogP contribution in [0.1, 0.15) is 29.9 Å². The van der Waals surface area contributed by atoms with Crippen molar-refractivity contribution in [3.63, 3.8) is 0 Å². The maximum Gasteiger partial charge on any atom is 0.108 e. The minimum Gasteiger partial charge on any atom is -0.469 e. The molecule has 0 radical (unpaired) electrons. The van der Waals surface area contributed by atoms with Crippen LogP contribution in [-0.2, 0) is 12.8 Å².